The lowest BCUT2D eigenvalue weighted by atomic mass is 9.95. The van der Waals surface area contributed by atoms with Gasteiger partial charge >= 0.3 is 5.97 Å². The number of rotatable bonds is 5. The third kappa shape index (κ3) is 5.47. The molecule has 0 aliphatic rings. The zero-order chi connectivity index (χ0) is 23.6. The number of fused-ring (bicyclic) bond motifs is 1. The van der Waals surface area contributed by atoms with Crippen molar-refractivity contribution in [2.45, 2.75) is 26.2 Å². The highest BCUT2D eigenvalue weighted by Gasteiger charge is 2.23. The van der Waals surface area contributed by atoms with Crippen LogP contribution in [0.2, 0.25) is 0 Å². The molecule has 0 saturated heterocycles. The van der Waals surface area contributed by atoms with Gasteiger partial charge in [-0.3, -0.25) is 4.79 Å². The van der Waals surface area contributed by atoms with Crippen LogP contribution in [0, 0.1) is 0 Å². The molecule has 0 bridgehead atoms. The standard InChI is InChI=1S/C22H20Br3N3O4/c1-22(2,3)21-27-17-6-5-13(23)9-14(17)20(30)28(21)26-10-12-7-15(24)19(16(25)8-12)32-11-18(29)31-4/h5-10H,11H2,1-4H3. The number of hydrogen-bond donors (Lipinski definition) is 0. The van der Waals surface area contributed by atoms with Crippen LogP contribution in [-0.2, 0) is 14.9 Å². The molecule has 0 saturated carbocycles. The van der Waals surface area contributed by atoms with E-state index in [1.165, 1.54) is 11.8 Å². The minimum absolute atomic E-state index is 0.218. The van der Waals surface area contributed by atoms with Crippen molar-refractivity contribution in [1.82, 2.24) is 9.66 Å². The summed E-state index contributed by atoms with van der Waals surface area (Å²) in [6, 6.07) is 8.95. The van der Waals surface area contributed by atoms with Crippen molar-refractivity contribution in [3.63, 3.8) is 0 Å². The summed E-state index contributed by atoms with van der Waals surface area (Å²) in [5.74, 6) is 0.515. The molecule has 0 fully saturated rings. The zero-order valence-electron chi connectivity index (χ0n) is 17.8. The van der Waals surface area contributed by atoms with E-state index in [9.17, 15) is 9.59 Å². The highest BCUT2D eigenvalue weighted by Crippen LogP contribution is 2.34. The van der Waals surface area contributed by atoms with Crippen LogP contribution in [0.25, 0.3) is 10.9 Å². The summed E-state index contributed by atoms with van der Waals surface area (Å²) in [6.45, 7) is 5.72. The van der Waals surface area contributed by atoms with Crippen molar-refractivity contribution >= 4 is 70.9 Å². The maximum atomic E-state index is 13.2. The minimum Gasteiger partial charge on any atom is -0.480 e. The van der Waals surface area contributed by atoms with Gasteiger partial charge in [-0.05, 0) is 67.8 Å². The second-order valence-corrected chi connectivity index (χ2v) is 10.5. The molecule has 0 aliphatic carbocycles. The van der Waals surface area contributed by atoms with Crippen molar-refractivity contribution in [3.05, 3.63) is 65.5 Å². The second-order valence-electron chi connectivity index (χ2n) is 7.89. The van der Waals surface area contributed by atoms with E-state index < -0.39 is 11.4 Å². The Morgan fingerprint density at radius 2 is 1.81 bits per heavy atom. The summed E-state index contributed by atoms with van der Waals surface area (Å²) in [7, 11) is 1.30. The molecule has 0 N–H and O–H groups in total. The van der Waals surface area contributed by atoms with Crippen molar-refractivity contribution in [2.24, 2.45) is 5.10 Å². The predicted octanol–water partition coefficient (Wildman–Crippen LogP) is 5.42. The number of nitrogens with zero attached hydrogens (tertiary/aromatic N) is 3. The molecular formula is C22H20Br3N3O4. The highest BCUT2D eigenvalue weighted by molar-refractivity contribution is 9.11. The lowest BCUT2D eigenvalue weighted by Crippen LogP contribution is -2.29. The molecule has 3 rings (SSSR count). The largest absolute Gasteiger partial charge is 0.480 e. The lowest BCUT2D eigenvalue weighted by Gasteiger charge is -2.20. The molecule has 168 valence electrons. The van der Waals surface area contributed by atoms with Crippen LogP contribution in [-0.4, -0.2) is 35.6 Å². The van der Waals surface area contributed by atoms with Gasteiger partial charge < -0.3 is 9.47 Å². The molecule has 0 radical (unpaired) electrons. The molecule has 7 nitrogen and oxygen atoms in total. The number of hydrogen-bond acceptors (Lipinski definition) is 6. The van der Waals surface area contributed by atoms with Gasteiger partial charge in [-0.2, -0.15) is 9.78 Å². The van der Waals surface area contributed by atoms with Crippen LogP contribution in [0.4, 0.5) is 0 Å². The molecule has 1 heterocycles. The molecule has 0 aliphatic heterocycles. The summed E-state index contributed by atoms with van der Waals surface area (Å²) < 4.78 is 13.4. The number of benzene rings is 2. The quantitative estimate of drug-likeness (QED) is 0.278. The Bertz CT molecular complexity index is 1260. The Morgan fingerprint density at radius 3 is 2.41 bits per heavy atom. The van der Waals surface area contributed by atoms with E-state index in [4.69, 9.17) is 9.72 Å². The number of carbonyl (C=O) groups excluding carboxylic acids is 1. The fourth-order valence-electron chi connectivity index (χ4n) is 2.85. The van der Waals surface area contributed by atoms with E-state index in [-0.39, 0.29) is 12.2 Å². The molecule has 2 aromatic carbocycles. The summed E-state index contributed by atoms with van der Waals surface area (Å²) in [6.07, 6.45) is 1.57. The van der Waals surface area contributed by atoms with Crippen LogP contribution in [0.1, 0.15) is 32.2 Å². The Labute approximate surface area is 210 Å². The lowest BCUT2D eigenvalue weighted by molar-refractivity contribution is -0.142. The molecule has 0 atom stereocenters. The average molecular weight is 630 g/mol. The summed E-state index contributed by atoms with van der Waals surface area (Å²) in [5.41, 5.74) is 0.654. The van der Waals surface area contributed by atoms with Crippen LogP contribution >= 0.6 is 47.8 Å². The fraction of sp³-hybridized carbons (Fsp3) is 0.273. The molecule has 1 aromatic heterocycles. The van der Waals surface area contributed by atoms with Crippen LogP contribution in [0.15, 0.2) is 53.6 Å². The van der Waals surface area contributed by atoms with E-state index in [0.29, 0.717) is 37.0 Å². The third-order valence-corrected chi connectivity index (χ3v) is 6.06. The Kier molecular flexibility index (Phi) is 7.57. The van der Waals surface area contributed by atoms with Gasteiger partial charge in [0.1, 0.15) is 11.6 Å². The monoisotopic (exact) mass is 627 g/mol. The third-order valence-electron chi connectivity index (χ3n) is 4.38. The second kappa shape index (κ2) is 9.84. The van der Waals surface area contributed by atoms with Crippen molar-refractivity contribution < 1.29 is 14.3 Å². The SMILES string of the molecule is COC(=O)COc1c(Br)cc(C=Nn2c(C(C)(C)C)nc3ccc(Br)cc3c2=O)cc1Br. The van der Waals surface area contributed by atoms with Gasteiger partial charge in [0.2, 0.25) is 0 Å². The molecule has 0 amide bonds. The van der Waals surface area contributed by atoms with Gasteiger partial charge in [-0.25, -0.2) is 9.78 Å². The van der Waals surface area contributed by atoms with Crippen molar-refractivity contribution in [3.8, 4) is 5.75 Å². The smallest absolute Gasteiger partial charge is 0.343 e. The molecule has 0 unspecified atom stereocenters. The first-order valence-corrected chi connectivity index (χ1v) is 11.8. The Hall–Kier alpha value is -2.04. The van der Waals surface area contributed by atoms with Crippen LogP contribution < -0.4 is 10.3 Å². The van der Waals surface area contributed by atoms with E-state index in [1.54, 1.807) is 24.4 Å². The van der Waals surface area contributed by atoms with E-state index in [2.05, 4.69) is 57.6 Å². The van der Waals surface area contributed by atoms with Gasteiger partial charge in [0.05, 0.1) is 33.2 Å². The predicted molar refractivity (Wildman–Crippen MR) is 135 cm³/mol. The van der Waals surface area contributed by atoms with Crippen LogP contribution in [0.3, 0.4) is 0 Å². The summed E-state index contributed by atoms with van der Waals surface area (Å²) in [5, 5.41) is 4.94. The van der Waals surface area contributed by atoms with Crippen molar-refractivity contribution in [2.75, 3.05) is 13.7 Å². The number of esters is 1. The summed E-state index contributed by atoms with van der Waals surface area (Å²) in [4.78, 5) is 29.3. The Balaban J connectivity index is 2.05. The molecule has 10 heteroatoms. The number of carbonyl (C=O) groups is 1. The average Bonchev–Trinajstić information content (AvgIpc) is 2.71. The van der Waals surface area contributed by atoms with Crippen LogP contribution in [0.5, 0.6) is 5.75 Å². The molecule has 0 spiro atoms. The normalized spacial score (nSPS) is 11.8. The van der Waals surface area contributed by atoms with E-state index >= 15 is 0 Å². The highest BCUT2D eigenvalue weighted by atomic mass is 79.9. The number of halogens is 3. The van der Waals surface area contributed by atoms with Gasteiger partial charge in [-0.1, -0.05) is 36.7 Å². The summed E-state index contributed by atoms with van der Waals surface area (Å²) >= 11 is 10.3. The Morgan fingerprint density at radius 1 is 1.16 bits per heavy atom. The maximum Gasteiger partial charge on any atom is 0.343 e. The minimum atomic E-state index is -0.487. The maximum absolute atomic E-state index is 13.2. The molecule has 32 heavy (non-hydrogen) atoms. The van der Waals surface area contributed by atoms with Gasteiger partial charge in [-0.15, -0.1) is 0 Å². The van der Waals surface area contributed by atoms with Gasteiger partial charge in [0.15, 0.2) is 6.61 Å². The number of aromatic nitrogens is 2. The topological polar surface area (TPSA) is 82.8 Å². The van der Waals surface area contributed by atoms with E-state index in [1.807, 2.05) is 32.9 Å². The zero-order valence-corrected chi connectivity index (χ0v) is 22.5. The molecule has 3 aromatic rings. The first kappa shape index (κ1) is 24.6. The van der Waals surface area contributed by atoms with E-state index in [0.717, 1.165) is 4.47 Å². The molecular weight excluding hydrogens is 610 g/mol. The number of ether oxygens (including phenoxy) is 2. The number of methoxy groups -OCH3 is 1. The van der Waals surface area contributed by atoms with Crippen molar-refractivity contribution in [1.29, 1.82) is 0 Å². The van der Waals surface area contributed by atoms with Gasteiger partial charge in [0.25, 0.3) is 5.56 Å². The first-order chi connectivity index (χ1) is 15.0. The fourth-order valence-corrected chi connectivity index (χ4v) is 4.66. The van der Waals surface area contributed by atoms with Gasteiger partial charge in [0, 0.05) is 9.89 Å². The first-order valence-electron chi connectivity index (χ1n) is 9.47.